The molecule has 1 aromatic rings. The Labute approximate surface area is 153 Å². The van der Waals surface area contributed by atoms with Crippen molar-refractivity contribution in [3.8, 4) is 0 Å². The Balaban J connectivity index is 1.73. The van der Waals surface area contributed by atoms with Crippen LogP contribution in [0.3, 0.4) is 0 Å². The molecule has 0 radical (unpaired) electrons. The van der Waals surface area contributed by atoms with Crippen molar-refractivity contribution in [2.24, 2.45) is 7.05 Å². The summed E-state index contributed by atoms with van der Waals surface area (Å²) in [4.78, 5) is 14.4. The third-order valence-corrected chi connectivity index (χ3v) is 7.51. The molecular formula is C16H25ClN4O3S. The van der Waals surface area contributed by atoms with E-state index >= 15 is 0 Å². The first-order valence-electron chi connectivity index (χ1n) is 8.79. The van der Waals surface area contributed by atoms with Gasteiger partial charge in [-0.3, -0.25) is 9.48 Å². The zero-order valence-electron chi connectivity index (χ0n) is 14.7. The minimum atomic E-state index is -3.43. The summed E-state index contributed by atoms with van der Waals surface area (Å²) < 4.78 is 29.7. The van der Waals surface area contributed by atoms with E-state index in [2.05, 4.69) is 9.82 Å². The lowest BCUT2D eigenvalue weighted by molar-refractivity contribution is 0.0726. The van der Waals surface area contributed by atoms with Gasteiger partial charge in [-0.25, -0.2) is 13.1 Å². The lowest BCUT2D eigenvalue weighted by Gasteiger charge is -2.33. The summed E-state index contributed by atoms with van der Waals surface area (Å²) in [7, 11) is -1.75. The molecule has 1 amide bonds. The summed E-state index contributed by atoms with van der Waals surface area (Å²) in [6.45, 7) is 2.48. The number of nitrogens with zero attached hydrogens (tertiary/aromatic N) is 3. The number of sulfonamides is 1. The van der Waals surface area contributed by atoms with Crippen LogP contribution in [0.15, 0.2) is 0 Å². The molecule has 1 aliphatic heterocycles. The second-order valence-electron chi connectivity index (χ2n) is 7.03. The van der Waals surface area contributed by atoms with E-state index in [1.54, 1.807) is 18.9 Å². The lowest BCUT2D eigenvalue weighted by Crippen LogP contribution is -2.50. The van der Waals surface area contributed by atoms with Gasteiger partial charge in [0.15, 0.2) is 0 Å². The van der Waals surface area contributed by atoms with Crippen LogP contribution in [0, 0.1) is 6.92 Å². The van der Waals surface area contributed by atoms with Crippen molar-refractivity contribution in [1.29, 1.82) is 0 Å². The van der Waals surface area contributed by atoms with Crippen LogP contribution in [0.25, 0.3) is 0 Å². The van der Waals surface area contributed by atoms with E-state index in [9.17, 15) is 13.2 Å². The summed E-state index contributed by atoms with van der Waals surface area (Å²) in [6.07, 6.45) is 5.19. The summed E-state index contributed by atoms with van der Waals surface area (Å²) in [5.41, 5.74) is 0.928. The molecule has 0 unspecified atom stereocenters. The number of piperidine rings is 1. The number of hydrogen-bond donors (Lipinski definition) is 1. The maximum absolute atomic E-state index is 12.8. The van der Waals surface area contributed by atoms with Gasteiger partial charge in [-0.1, -0.05) is 24.4 Å². The van der Waals surface area contributed by atoms with Gasteiger partial charge in [-0.15, -0.1) is 0 Å². The van der Waals surface area contributed by atoms with Gasteiger partial charge in [0, 0.05) is 26.2 Å². The molecule has 2 heterocycles. The fourth-order valence-electron chi connectivity index (χ4n) is 3.78. The van der Waals surface area contributed by atoms with Gasteiger partial charge in [-0.05, 0) is 32.6 Å². The van der Waals surface area contributed by atoms with Gasteiger partial charge in [0.05, 0.1) is 16.5 Å². The highest BCUT2D eigenvalue weighted by atomic mass is 35.5. The Morgan fingerprint density at radius 2 is 1.92 bits per heavy atom. The molecule has 25 heavy (non-hydrogen) atoms. The van der Waals surface area contributed by atoms with Crippen LogP contribution in [0.4, 0.5) is 0 Å². The molecular weight excluding hydrogens is 364 g/mol. The van der Waals surface area contributed by atoms with Gasteiger partial charge in [0.1, 0.15) is 5.15 Å². The van der Waals surface area contributed by atoms with E-state index in [0.29, 0.717) is 30.6 Å². The first kappa shape index (κ1) is 18.7. The zero-order chi connectivity index (χ0) is 18.2. The van der Waals surface area contributed by atoms with Crippen LogP contribution in [0.5, 0.6) is 0 Å². The average molecular weight is 389 g/mol. The van der Waals surface area contributed by atoms with Crippen LogP contribution in [0.2, 0.25) is 5.15 Å². The SMILES string of the molecule is Cc1nn(C)c(Cl)c1C(=O)N1CCC[C@@H](S(=O)(=O)NC2CCCC2)C1. The molecule has 1 atom stereocenters. The number of aromatic nitrogens is 2. The minimum Gasteiger partial charge on any atom is -0.337 e. The Kier molecular flexibility index (Phi) is 5.41. The number of carbonyl (C=O) groups is 1. The van der Waals surface area contributed by atoms with Crippen molar-refractivity contribution >= 4 is 27.5 Å². The molecule has 1 N–H and O–H groups in total. The summed E-state index contributed by atoms with van der Waals surface area (Å²) in [5, 5.41) is 3.89. The molecule has 140 valence electrons. The average Bonchev–Trinajstić information content (AvgIpc) is 3.15. The van der Waals surface area contributed by atoms with Crippen molar-refractivity contribution in [3.05, 3.63) is 16.4 Å². The molecule has 0 spiro atoms. The first-order valence-corrected chi connectivity index (χ1v) is 10.7. The minimum absolute atomic E-state index is 0.0473. The fraction of sp³-hybridized carbons (Fsp3) is 0.750. The molecule has 1 aliphatic carbocycles. The van der Waals surface area contributed by atoms with Crippen LogP contribution in [0.1, 0.15) is 54.6 Å². The largest absolute Gasteiger partial charge is 0.337 e. The number of aryl methyl sites for hydroxylation is 2. The number of halogens is 1. The van der Waals surface area contributed by atoms with Crippen molar-refractivity contribution < 1.29 is 13.2 Å². The highest BCUT2D eigenvalue weighted by Crippen LogP contribution is 2.25. The zero-order valence-corrected chi connectivity index (χ0v) is 16.2. The van der Waals surface area contributed by atoms with Crippen molar-refractivity contribution in [2.45, 2.75) is 56.7 Å². The van der Waals surface area contributed by atoms with E-state index in [1.807, 2.05) is 0 Å². The molecule has 1 aromatic heterocycles. The maximum Gasteiger partial charge on any atom is 0.258 e. The molecule has 1 saturated heterocycles. The van der Waals surface area contributed by atoms with Crippen molar-refractivity contribution in [2.75, 3.05) is 13.1 Å². The summed E-state index contributed by atoms with van der Waals surface area (Å²) >= 11 is 6.19. The second kappa shape index (κ2) is 7.25. The van der Waals surface area contributed by atoms with Gasteiger partial charge in [-0.2, -0.15) is 5.10 Å². The smallest absolute Gasteiger partial charge is 0.258 e. The monoisotopic (exact) mass is 388 g/mol. The third kappa shape index (κ3) is 3.85. The summed E-state index contributed by atoms with van der Waals surface area (Å²) in [6, 6.07) is 0.0473. The quantitative estimate of drug-likeness (QED) is 0.853. The van der Waals surface area contributed by atoms with Gasteiger partial charge < -0.3 is 4.90 Å². The predicted molar refractivity (Wildman–Crippen MR) is 96.2 cm³/mol. The highest BCUT2D eigenvalue weighted by Gasteiger charge is 2.36. The Morgan fingerprint density at radius 1 is 1.24 bits per heavy atom. The molecule has 2 aliphatic rings. The third-order valence-electron chi connectivity index (χ3n) is 5.16. The Hall–Kier alpha value is -1.12. The van der Waals surface area contributed by atoms with Crippen LogP contribution in [-0.2, 0) is 17.1 Å². The van der Waals surface area contributed by atoms with Crippen molar-refractivity contribution in [3.63, 3.8) is 0 Å². The number of rotatable bonds is 4. The van der Waals surface area contributed by atoms with E-state index in [4.69, 9.17) is 11.6 Å². The first-order chi connectivity index (χ1) is 11.8. The van der Waals surface area contributed by atoms with Crippen LogP contribution in [-0.4, -0.2) is 53.4 Å². The number of likely N-dealkylation sites (tertiary alicyclic amines) is 1. The standard InChI is InChI=1S/C16H25ClN4O3S/c1-11-14(15(17)20(2)18-11)16(22)21-9-5-8-13(10-21)25(23,24)19-12-6-3-4-7-12/h12-13,19H,3-10H2,1-2H3/t13-/m1/s1. The molecule has 7 nitrogen and oxygen atoms in total. The molecule has 3 rings (SSSR count). The predicted octanol–water partition coefficient (Wildman–Crippen LogP) is 1.85. The number of amides is 1. The molecule has 0 bridgehead atoms. The molecule has 1 saturated carbocycles. The maximum atomic E-state index is 12.8. The number of nitrogens with one attached hydrogen (secondary N) is 1. The normalized spacial score (nSPS) is 22.5. The van der Waals surface area contributed by atoms with Gasteiger partial charge >= 0.3 is 0 Å². The highest BCUT2D eigenvalue weighted by molar-refractivity contribution is 7.90. The molecule has 0 aromatic carbocycles. The van der Waals surface area contributed by atoms with Gasteiger partial charge in [0.25, 0.3) is 5.91 Å². The van der Waals surface area contributed by atoms with E-state index in [1.165, 1.54) is 4.68 Å². The number of carbonyl (C=O) groups excluding carboxylic acids is 1. The van der Waals surface area contributed by atoms with Gasteiger partial charge in [0.2, 0.25) is 10.0 Å². The van der Waals surface area contributed by atoms with E-state index < -0.39 is 15.3 Å². The van der Waals surface area contributed by atoms with E-state index in [-0.39, 0.29) is 23.6 Å². The number of hydrogen-bond acceptors (Lipinski definition) is 4. The second-order valence-corrected chi connectivity index (χ2v) is 9.38. The molecule has 2 fully saturated rings. The Morgan fingerprint density at radius 3 is 2.52 bits per heavy atom. The fourth-order valence-corrected chi connectivity index (χ4v) is 5.78. The lowest BCUT2D eigenvalue weighted by atomic mass is 10.1. The van der Waals surface area contributed by atoms with Crippen LogP contribution >= 0.6 is 11.6 Å². The molecule has 9 heteroatoms. The van der Waals surface area contributed by atoms with Crippen molar-refractivity contribution in [1.82, 2.24) is 19.4 Å². The Bertz CT molecular complexity index is 756. The summed E-state index contributed by atoms with van der Waals surface area (Å²) in [5.74, 6) is -0.239. The van der Waals surface area contributed by atoms with E-state index in [0.717, 1.165) is 25.7 Å². The van der Waals surface area contributed by atoms with Crippen LogP contribution < -0.4 is 4.72 Å². The topological polar surface area (TPSA) is 84.3 Å².